The standard InChI is InChI=1S/C9H18N2O4/c1-5(2)7(9(14)15-3)11-4-6(10)8(12)13/h5-7,11H,4,10H2,1-3H3,(H,12,13). The first-order valence-corrected chi connectivity index (χ1v) is 4.69. The van der Waals surface area contributed by atoms with E-state index in [1.54, 1.807) is 0 Å². The number of carboxylic acid groups (broad SMARTS) is 1. The first-order valence-electron chi connectivity index (χ1n) is 4.69. The molecule has 0 aromatic heterocycles. The Kier molecular flexibility index (Phi) is 5.88. The van der Waals surface area contributed by atoms with Crippen LogP contribution in [0.3, 0.4) is 0 Å². The van der Waals surface area contributed by atoms with E-state index >= 15 is 0 Å². The summed E-state index contributed by atoms with van der Waals surface area (Å²) in [5.74, 6) is -1.50. The van der Waals surface area contributed by atoms with E-state index in [4.69, 9.17) is 10.8 Å². The van der Waals surface area contributed by atoms with Gasteiger partial charge in [0, 0.05) is 6.54 Å². The van der Waals surface area contributed by atoms with E-state index in [0.717, 1.165) is 0 Å². The second-order valence-corrected chi connectivity index (χ2v) is 3.60. The van der Waals surface area contributed by atoms with Gasteiger partial charge in [-0.15, -0.1) is 0 Å². The second-order valence-electron chi connectivity index (χ2n) is 3.60. The van der Waals surface area contributed by atoms with Gasteiger partial charge in [0.15, 0.2) is 0 Å². The highest BCUT2D eigenvalue weighted by atomic mass is 16.5. The van der Waals surface area contributed by atoms with Crippen LogP contribution in [0.5, 0.6) is 0 Å². The number of hydrogen-bond acceptors (Lipinski definition) is 5. The molecule has 6 heteroatoms. The summed E-state index contributed by atoms with van der Waals surface area (Å²) in [4.78, 5) is 21.7. The molecule has 0 spiro atoms. The summed E-state index contributed by atoms with van der Waals surface area (Å²) >= 11 is 0. The number of rotatable bonds is 6. The van der Waals surface area contributed by atoms with Gasteiger partial charge in [0.25, 0.3) is 0 Å². The predicted molar refractivity (Wildman–Crippen MR) is 54.3 cm³/mol. The Morgan fingerprint density at radius 1 is 1.47 bits per heavy atom. The molecule has 0 aromatic carbocycles. The maximum atomic E-state index is 11.3. The van der Waals surface area contributed by atoms with E-state index in [1.807, 2.05) is 13.8 Å². The van der Waals surface area contributed by atoms with Gasteiger partial charge in [-0.3, -0.25) is 9.59 Å². The molecular weight excluding hydrogens is 200 g/mol. The Labute approximate surface area is 88.8 Å². The molecule has 0 amide bonds. The molecule has 0 aliphatic rings. The molecule has 15 heavy (non-hydrogen) atoms. The molecule has 2 atom stereocenters. The zero-order chi connectivity index (χ0) is 12.0. The molecule has 0 saturated carbocycles. The molecule has 0 heterocycles. The first-order chi connectivity index (χ1) is 6.90. The van der Waals surface area contributed by atoms with E-state index in [9.17, 15) is 9.59 Å². The van der Waals surface area contributed by atoms with Crippen LogP contribution in [0.1, 0.15) is 13.8 Å². The van der Waals surface area contributed by atoms with Crippen LogP contribution in [0.15, 0.2) is 0 Å². The van der Waals surface area contributed by atoms with Crippen LogP contribution in [0.2, 0.25) is 0 Å². The number of esters is 1. The number of carbonyl (C=O) groups is 2. The average Bonchev–Trinajstić information content (AvgIpc) is 2.16. The van der Waals surface area contributed by atoms with Crippen LogP contribution in [-0.2, 0) is 14.3 Å². The van der Waals surface area contributed by atoms with Crippen molar-refractivity contribution in [3.63, 3.8) is 0 Å². The molecule has 4 N–H and O–H groups in total. The molecule has 6 nitrogen and oxygen atoms in total. The van der Waals surface area contributed by atoms with Gasteiger partial charge in [0.2, 0.25) is 0 Å². The molecule has 0 saturated heterocycles. The summed E-state index contributed by atoms with van der Waals surface area (Å²) < 4.78 is 4.58. The average molecular weight is 218 g/mol. The van der Waals surface area contributed by atoms with Crippen molar-refractivity contribution in [1.29, 1.82) is 0 Å². The Hall–Kier alpha value is -1.14. The molecule has 0 fully saturated rings. The Bertz CT molecular complexity index is 230. The summed E-state index contributed by atoms with van der Waals surface area (Å²) in [7, 11) is 1.29. The molecule has 0 radical (unpaired) electrons. The van der Waals surface area contributed by atoms with Gasteiger partial charge >= 0.3 is 11.9 Å². The van der Waals surface area contributed by atoms with Gasteiger partial charge in [0.1, 0.15) is 12.1 Å². The molecule has 0 aliphatic carbocycles. The van der Waals surface area contributed by atoms with E-state index in [0.29, 0.717) is 0 Å². The number of ether oxygens (including phenoxy) is 1. The van der Waals surface area contributed by atoms with Crippen molar-refractivity contribution in [1.82, 2.24) is 5.32 Å². The normalized spacial score (nSPS) is 14.7. The van der Waals surface area contributed by atoms with E-state index in [2.05, 4.69) is 10.1 Å². The zero-order valence-corrected chi connectivity index (χ0v) is 9.19. The van der Waals surface area contributed by atoms with Crippen LogP contribution in [-0.4, -0.2) is 42.8 Å². The fourth-order valence-corrected chi connectivity index (χ4v) is 1.06. The fourth-order valence-electron chi connectivity index (χ4n) is 1.06. The highest BCUT2D eigenvalue weighted by Crippen LogP contribution is 2.03. The quantitative estimate of drug-likeness (QED) is 0.504. The Morgan fingerprint density at radius 3 is 2.33 bits per heavy atom. The van der Waals surface area contributed by atoms with Crippen molar-refractivity contribution in [2.75, 3.05) is 13.7 Å². The maximum Gasteiger partial charge on any atom is 0.323 e. The van der Waals surface area contributed by atoms with Gasteiger partial charge in [-0.05, 0) is 5.92 Å². The first kappa shape index (κ1) is 13.9. The van der Waals surface area contributed by atoms with Crippen molar-refractivity contribution in [2.24, 2.45) is 11.7 Å². The van der Waals surface area contributed by atoms with Gasteiger partial charge in [0.05, 0.1) is 7.11 Å². The summed E-state index contributed by atoms with van der Waals surface area (Å²) in [6, 6.07) is -1.55. The van der Waals surface area contributed by atoms with Crippen LogP contribution in [0.25, 0.3) is 0 Å². The molecule has 2 unspecified atom stereocenters. The molecular formula is C9H18N2O4. The lowest BCUT2D eigenvalue weighted by molar-refractivity contribution is -0.145. The number of carbonyl (C=O) groups excluding carboxylic acids is 1. The van der Waals surface area contributed by atoms with Gasteiger partial charge < -0.3 is 20.9 Å². The topological polar surface area (TPSA) is 102 Å². The van der Waals surface area contributed by atoms with Gasteiger partial charge in [-0.25, -0.2) is 0 Å². The van der Waals surface area contributed by atoms with E-state index < -0.39 is 24.0 Å². The van der Waals surface area contributed by atoms with Gasteiger partial charge in [-0.1, -0.05) is 13.8 Å². The summed E-state index contributed by atoms with van der Waals surface area (Å²) in [6.07, 6.45) is 0. The van der Waals surface area contributed by atoms with E-state index in [-0.39, 0.29) is 12.5 Å². The minimum absolute atomic E-state index is 0.0124. The number of nitrogens with two attached hydrogens (primary N) is 1. The highest BCUT2D eigenvalue weighted by molar-refractivity contribution is 5.76. The summed E-state index contributed by atoms with van der Waals surface area (Å²) in [5.41, 5.74) is 5.29. The minimum Gasteiger partial charge on any atom is -0.480 e. The molecule has 0 aromatic rings. The van der Waals surface area contributed by atoms with Crippen molar-refractivity contribution >= 4 is 11.9 Å². The second kappa shape index (κ2) is 6.36. The SMILES string of the molecule is COC(=O)C(NCC(N)C(=O)O)C(C)C. The highest BCUT2D eigenvalue weighted by Gasteiger charge is 2.24. The fraction of sp³-hybridized carbons (Fsp3) is 0.778. The van der Waals surface area contributed by atoms with Crippen LogP contribution < -0.4 is 11.1 Å². The third-order valence-electron chi connectivity index (χ3n) is 2.00. The summed E-state index contributed by atoms with van der Waals surface area (Å²) in [5, 5.41) is 11.3. The zero-order valence-electron chi connectivity index (χ0n) is 9.19. The third-order valence-corrected chi connectivity index (χ3v) is 2.00. The molecule has 0 bridgehead atoms. The van der Waals surface area contributed by atoms with Gasteiger partial charge in [-0.2, -0.15) is 0 Å². The van der Waals surface area contributed by atoms with Crippen LogP contribution in [0, 0.1) is 5.92 Å². The predicted octanol–water partition coefficient (Wildman–Crippen LogP) is -0.814. The lowest BCUT2D eigenvalue weighted by atomic mass is 10.0. The van der Waals surface area contributed by atoms with Crippen molar-refractivity contribution in [3.05, 3.63) is 0 Å². The Morgan fingerprint density at radius 2 is 2.00 bits per heavy atom. The van der Waals surface area contributed by atoms with Crippen molar-refractivity contribution in [3.8, 4) is 0 Å². The largest absolute Gasteiger partial charge is 0.480 e. The number of hydrogen-bond donors (Lipinski definition) is 3. The number of aliphatic carboxylic acids is 1. The van der Waals surface area contributed by atoms with Crippen molar-refractivity contribution in [2.45, 2.75) is 25.9 Å². The number of nitrogens with one attached hydrogen (secondary N) is 1. The smallest absolute Gasteiger partial charge is 0.323 e. The number of methoxy groups -OCH3 is 1. The monoisotopic (exact) mass is 218 g/mol. The lowest BCUT2D eigenvalue weighted by Crippen LogP contribution is -2.49. The lowest BCUT2D eigenvalue weighted by Gasteiger charge is -2.20. The van der Waals surface area contributed by atoms with Crippen LogP contribution >= 0.6 is 0 Å². The Balaban J connectivity index is 4.19. The van der Waals surface area contributed by atoms with Crippen molar-refractivity contribution < 1.29 is 19.4 Å². The minimum atomic E-state index is -1.10. The molecule has 0 rings (SSSR count). The number of carboxylic acids is 1. The third kappa shape index (κ3) is 4.75. The maximum absolute atomic E-state index is 11.3. The molecule has 88 valence electrons. The summed E-state index contributed by atoms with van der Waals surface area (Å²) in [6.45, 7) is 3.70. The van der Waals surface area contributed by atoms with Crippen LogP contribution in [0.4, 0.5) is 0 Å². The van der Waals surface area contributed by atoms with E-state index in [1.165, 1.54) is 7.11 Å². The molecule has 0 aliphatic heterocycles.